The highest BCUT2D eigenvalue weighted by Gasteiger charge is 2.47. The van der Waals surface area contributed by atoms with Gasteiger partial charge in [0.25, 0.3) is 5.91 Å². The molecule has 150 valence electrons. The number of nitrogens with one attached hydrogen (secondary N) is 1. The second-order valence-electron chi connectivity index (χ2n) is 8.64. The number of carbonyl (C=O) groups excluding carboxylic acids is 1. The van der Waals surface area contributed by atoms with Gasteiger partial charge in [-0.2, -0.15) is 0 Å². The number of aromatic nitrogens is 2. The Bertz CT molecular complexity index is 1080. The third-order valence-electron chi connectivity index (χ3n) is 6.46. The molecule has 3 aromatic rings. The molecule has 0 spiro atoms. The van der Waals surface area contributed by atoms with Crippen molar-refractivity contribution in [3.63, 3.8) is 0 Å². The van der Waals surface area contributed by atoms with E-state index in [1.54, 1.807) is 6.20 Å². The molecule has 1 aromatic carbocycles. The van der Waals surface area contributed by atoms with Crippen LogP contribution in [0.4, 0.5) is 5.69 Å². The fourth-order valence-electron chi connectivity index (χ4n) is 4.24. The summed E-state index contributed by atoms with van der Waals surface area (Å²) >= 11 is 0. The van der Waals surface area contributed by atoms with Gasteiger partial charge in [0.1, 0.15) is 5.65 Å². The molecule has 2 aromatic heterocycles. The normalized spacial score (nSPS) is 18.1. The highest BCUT2D eigenvalue weighted by Crippen LogP contribution is 2.47. The van der Waals surface area contributed by atoms with Crippen LogP contribution in [0.25, 0.3) is 5.65 Å². The smallest absolute Gasteiger partial charge is 0.252 e. The summed E-state index contributed by atoms with van der Waals surface area (Å²) in [6.45, 7) is 4.01. The quantitative estimate of drug-likeness (QED) is 0.729. The molecule has 1 amide bonds. The molecule has 1 saturated heterocycles. The zero-order valence-electron chi connectivity index (χ0n) is 17.2. The van der Waals surface area contributed by atoms with Gasteiger partial charge in [0.15, 0.2) is 0 Å². The van der Waals surface area contributed by atoms with E-state index in [4.69, 9.17) is 0 Å². The number of hydrogen-bond donors (Lipinski definition) is 1. The fraction of sp³-hybridized carbons (Fsp3) is 0.391. The van der Waals surface area contributed by atoms with Gasteiger partial charge in [-0.05, 0) is 57.6 Å². The summed E-state index contributed by atoms with van der Waals surface area (Å²) in [5, 5.41) is 3.33. The van der Waals surface area contributed by atoms with Gasteiger partial charge in [0.2, 0.25) is 0 Å². The van der Waals surface area contributed by atoms with E-state index < -0.39 is 0 Å². The standard InChI is InChI=1S/C23H27N5O/c1-16-6-7-17(28-14-18(15-28)26(2)3)13-19(16)22(29)25-23(8-9-23)20-5-4-11-27-12-10-24-21(20)27/h4-7,10-13,18H,8-9,14-15H2,1-3H3,(H,25,29). The fourth-order valence-corrected chi connectivity index (χ4v) is 4.24. The third kappa shape index (κ3) is 3.08. The summed E-state index contributed by atoms with van der Waals surface area (Å²) < 4.78 is 2.01. The lowest BCUT2D eigenvalue weighted by Gasteiger charge is -2.44. The molecule has 1 aliphatic carbocycles. The largest absolute Gasteiger partial charge is 0.368 e. The summed E-state index contributed by atoms with van der Waals surface area (Å²) in [4.78, 5) is 22.3. The molecule has 0 atom stereocenters. The number of anilines is 1. The monoisotopic (exact) mass is 389 g/mol. The van der Waals surface area contributed by atoms with Crippen molar-refractivity contribution in [2.75, 3.05) is 32.1 Å². The lowest BCUT2D eigenvalue weighted by molar-refractivity contribution is 0.0930. The van der Waals surface area contributed by atoms with Gasteiger partial charge in [-0.3, -0.25) is 4.79 Å². The third-order valence-corrected chi connectivity index (χ3v) is 6.46. The molecule has 29 heavy (non-hydrogen) atoms. The van der Waals surface area contributed by atoms with E-state index in [2.05, 4.69) is 52.4 Å². The van der Waals surface area contributed by atoms with Crippen LogP contribution in [0.15, 0.2) is 48.9 Å². The van der Waals surface area contributed by atoms with Crippen molar-refractivity contribution in [1.29, 1.82) is 0 Å². The van der Waals surface area contributed by atoms with Gasteiger partial charge in [-0.1, -0.05) is 12.1 Å². The minimum Gasteiger partial charge on any atom is -0.368 e. The number of hydrogen-bond acceptors (Lipinski definition) is 4. The lowest BCUT2D eigenvalue weighted by Crippen LogP contribution is -2.57. The predicted octanol–water partition coefficient (Wildman–Crippen LogP) is 2.81. The minimum absolute atomic E-state index is 0.0000854. The number of benzene rings is 1. The lowest BCUT2D eigenvalue weighted by atomic mass is 10.0. The van der Waals surface area contributed by atoms with Crippen molar-refractivity contribution < 1.29 is 4.79 Å². The van der Waals surface area contributed by atoms with Crippen LogP contribution in [0, 0.1) is 6.92 Å². The van der Waals surface area contributed by atoms with E-state index in [-0.39, 0.29) is 11.4 Å². The Kier molecular flexibility index (Phi) is 4.13. The van der Waals surface area contributed by atoms with Crippen molar-refractivity contribution in [1.82, 2.24) is 19.6 Å². The Balaban J connectivity index is 1.39. The number of fused-ring (bicyclic) bond motifs is 1. The van der Waals surface area contributed by atoms with Gasteiger partial charge in [0, 0.05) is 54.5 Å². The number of rotatable bonds is 5. The average molecular weight is 390 g/mol. The van der Waals surface area contributed by atoms with Gasteiger partial charge in [-0.15, -0.1) is 0 Å². The number of amides is 1. The zero-order valence-corrected chi connectivity index (χ0v) is 17.2. The highest BCUT2D eigenvalue weighted by molar-refractivity contribution is 5.97. The molecule has 5 rings (SSSR count). The maximum atomic E-state index is 13.3. The van der Waals surface area contributed by atoms with E-state index >= 15 is 0 Å². The SMILES string of the molecule is Cc1ccc(N2CC(N(C)C)C2)cc1C(=O)NC1(c2cccn3ccnc23)CC1. The molecule has 6 nitrogen and oxygen atoms in total. The first-order valence-electron chi connectivity index (χ1n) is 10.2. The van der Waals surface area contributed by atoms with Crippen molar-refractivity contribution in [2.45, 2.75) is 31.3 Å². The van der Waals surface area contributed by atoms with Crippen LogP contribution < -0.4 is 10.2 Å². The number of pyridine rings is 1. The van der Waals surface area contributed by atoms with Gasteiger partial charge in [0.05, 0.1) is 5.54 Å². The van der Waals surface area contributed by atoms with Gasteiger partial charge < -0.3 is 19.5 Å². The molecule has 0 unspecified atom stereocenters. The number of carbonyl (C=O) groups is 1. The van der Waals surface area contributed by atoms with Gasteiger partial charge >= 0.3 is 0 Å². The molecule has 1 N–H and O–H groups in total. The molecule has 2 aliphatic rings. The Morgan fingerprint density at radius 2 is 2.00 bits per heavy atom. The van der Waals surface area contributed by atoms with Crippen molar-refractivity contribution in [3.8, 4) is 0 Å². The maximum Gasteiger partial charge on any atom is 0.252 e. The first-order chi connectivity index (χ1) is 14.0. The summed E-state index contributed by atoms with van der Waals surface area (Å²) in [5.74, 6) is 0.0000854. The molecule has 6 heteroatoms. The highest BCUT2D eigenvalue weighted by atomic mass is 16.1. The van der Waals surface area contributed by atoms with Gasteiger partial charge in [-0.25, -0.2) is 4.98 Å². The molecule has 1 aliphatic heterocycles. The van der Waals surface area contributed by atoms with Crippen LogP contribution in [0.2, 0.25) is 0 Å². The van der Waals surface area contributed by atoms with Crippen LogP contribution >= 0.6 is 0 Å². The molecule has 0 bridgehead atoms. The molecule has 0 radical (unpaired) electrons. The van der Waals surface area contributed by atoms with E-state index in [9.17, 15) is 4.79 Å². The average Bonchev–Trinajstić information content (AvgIpc) is 3.26. The molecule has 1 saturated carbocycles. The number of imidazole rings is 1. The summed E-state index contributed by atoms with van der Waals surface area (Å²) in [7, 11) is 4.23. The Morgan fingerprint density at radius 1 is 1.21 bits per heavy atom. The van der Waals surface area contributed by atoms with E-state index in [1.165, 1.54) is 0 Å². The van der Waals surface area contributed by atoms with E-state index in [0.29, 0.717) is 6.04 Å². The summed E-state index contributed by atoms with van der Waals surface area (Å²) in [5.41, 5.74) is 4.61. The Morgan fingerprint density at radius 3 is 2.72 bits per heavy atom. The summed E-state index contributed by atoms with van der Waals surface area (Å²) in [6.07, 6.45) is 7.63. The van der Waals surface area contributed by atoms with Crippen molar-refractivity contribution in [3.05, 3.63) is 65.6 Å². The second kappa shape index (κ2) is 6.59. The van der Waals surface area contributed by atoms with Crippen LogP contribution in [-0.4, -0.2) is 53.4 Å². The van der Waals surface area contributed by atoms with E-state index in [0.717, 1.165) is 54.0 Å². The zero-order chi connectivity index (χ0) is 20.2. The van der Waals surface area contributed by atoms with Crippen LogP contribution in [0.5, 0.6) is 0 Å². The molecular formula is C23H27N5O. The first kappa shape index (κ1) is 18.2. The Labute approximate surface area is 171 Å². The van der Waals surface area contributed by atoms with Crippen LogP contribution in [0.3, 0.4) is 0 Å². The van der Waals surface area contributed by atoms with E-state index in [1.807, 2.05) is 35.9 Å². The van der Waals surface area contributed by atoms with Crippen molar-refractivity contribution in [2.24, 2.45) is 0 Å². The number of aryl methyl sites for hydroxylation is 1. The first-order valence-corrected chi connectivity index (χ1v) is 10.2. The minimum atomic E-state index is -0.305. The molecular weight excluding hydrogens is 362 g/mol. The second-order valence-corrected chi connectivity index (χ2v) is 8.64. The van der Waals surface area contributed by atoms with Crippen LogP contribution in [0.1, 0.15) is 34.3 Å². The topological polar surface area (TPSA) is 52.9 Å². The van der Waals surface area contributed by atoms with Crippen molar-refractivity contribution >= 4 is 17.2 Å². The number of likely N-dealkylation sites (N-methyl/N-ethyl adjacent to an activating group) is 1. The maximum absolute atomic E-state index is 13.3. The van der Waals surface area contributed by atoms with Crippen LogP contribution in [-0.2, 0) is 5.54 Å². The molecule has 3 heterocycles. The predicted molar refractivity (Wildman–Crippen MR) is 114 cm³/mol. The summed E-state index contributed by atoms with van der Waals surface area (Å²) in [6, 6.07) is 10.9. The Hall–Kier alpha value is -2.86. The number of nitrogens with zero attached hydrogens (tertiary/aromatic N) is 4. The molecule has 2 fully saturated rings.